The Bertz CT molecular complexity index is 3560. The number of aromatic nitrogens is 2. The molecule has 0 radical (unpaired) electrons. The summed E-state index contributed by atoms with van der Waals surface area (Å²) < 4.78 is 13.6. The molecular weight excluding hydrogens is 853 g/mol. The summed E-state index contributed by atoms with van der Waals surface area (Å²) in [4.78, 5) is 5.12. The normalized spacial score (nSPS) is 13.2. The lowest BCUT2D eigenvalue weighted by Gasteiger charge is -2.24. The van der Waals surface area contributed by atoms with Crippen molar-refractivity contribution in [3.8, 4) is 39.6 Å². The zero-order chi connectivity index (χ0) is 49.5. The van der Waals surface area contributed by atoms with E-state index in [1.165, 1.54) is 44.3 Å². The van der Waals surface area contributed by atoms with Crippen LogP contribution in [0.5, 0.6) is 11.5 Å². The quantitative estimate of drug-likeness (QED) is 0.149. The van der Waals surface area contributed by atoms with Crippen molar-refractivity contribution in [1.29, 1.82) is 0 Å². The number of hydrogen-bond acceptors (Lipinski definition) is 2. The monoisotopic (exact) mass is 919 g/mol. The predicted molar refractivity (Wildman–Crippen MR) is 296 cm³/mol. The summed E-state index contributed by atoms with van der Waals surface area (Å²) in [5.41, 5.74) is 17.3. The van der Waals surface area contributed by atoms with Crippen molar-refractivity contribution in [3.63, 3.8) is 0 Å². The Morgan fingerprint density at radius 3 is 1.79 bits per heavy atom. The minimum Gasteiger partial charge on any atom is -0.457 e. The van der Waals surface area contributed by atoms with E-state index in [1.54, 1.807) is 0 Å². The Kier molecular flexibility index (Phi) is 11.2. The molecule has 0 N–H and O–H groups in total. The van der Waals surface area contributed by atoms with Crippen LogP contribution in [0.1, 0.15) is 111 Å². The van der Waals surface area contributed by atoms with Crippen LogP contribution in [-0.4, -0.2) is 15.6 Å². The molecular formula is C65H66N4O+2. The molecule has 0 spiro atoms. The van der Waals surface area contributed by atoms with E-state index in [2.05, 4.69) is 261 Å². The van der Waals surface area contributed by atoms with Crippen LogP contribution in [0.3, 0.4) is 0 Å². The largest absolute Gasteiger partial charge is 0.503 e. The van der Waals surface area contributed by atoms with Gasteiger partial charge in [-0.05, 0) is 113 Å². The molecule has 0 saturated carbocycles. The number of aryl methyl sites for hydroxylation is 1. The van der Waals surface area contributed by atoms with Gasteiger partial charge in [-0.1, -0.05) is 168 Å². The molecule has 350 valence electrons. The van der Waals surface area contributed by atoms with Crippen molar-refractivity contribution in [1.82, 2.24) is 18.7 Å². The van der Waals surface area contributed by atoms with E-state index in [4.69, 9.17) is 9.72 Å². The van der Waals surface area contributed by atoms with Crippen LogP contribution in [0, 0.1) is 6.92 Å². The van der Waals surface area contributed by atoms with Gasteiger partial charge in [0.05, 0.1) is 22.7 Å². The minimum atomic E-state index is -0.0543. The highest BCUT2D eigenvalue weighted by atomic mass is 16.5. The zero-order valence-electron chi connectivity index (χ0n) is 43.3. The molecule has 0 saturated heterocycles. The first kappa shape index (κ1) is 46.4. The van der Waals surface area contributed by atoms with Crippen LogP contribution >= 0.6 is 0 Å². The van der Waals surface area contributed by atoms with Crippen molar-refractivity contribution in [2.75, 3.05) is 0 Å². The molecule has 70 heavy (non-hydrogen) atoms. The van der Waals surface area contributed by atoms with Gasteiger partial charge in [0, 0.05) is 52.9 Å². The zero-order valence-corrected chi connectivity index (χ0v) is 43.3. The summed E-state index contributed by atoms with van der Waals surface area (Å²) in [5, 5.41) is 2.31. The van der Waals surface area contributed by atoms with E-state index >= 15 is 0 Å². The number of nitrogens with zero attached hydrogens (tertiary/aromatic N) is 4. The van der Waals surface area contributed by atoms with Crippen LogP contribution in [0.2, 0.25) is 0 Å². The van der Waals surface area contributed by atoms with Crippen molar-refractivity contribution in [3.05, 3.63) is 192 Å². The Balaban J connectivity index is 1.07. The molecule has 5 heteroatoms. The number of fused-ring (bicyclic) bond motifs is 4. The average Bonchev–Trinajstić information content (AvgIpc) is 3.87. The summed E-state index contributed by atoms with van der Waals surface area (Å²) in [6.45, 7) is 29.5. The van der Waals surface area contributed by atoms with E-state index in [-0.39, 0.29) is 21.7 Å². The molecule has 5 nitrogen and oxygen atoms in total. The summed E-state index contributed by atoms with van der Waals surface area (Å²) >= 11 is 0. The third kappa shape index (κ3) is 8.69. The number of hydrogen-bond donors (Lipinski definition) is 0. The topological polar surface area (TPSA) is 33.1 Å². The molecule has 3 heterocycles. The number of benzene rings is 7. The fourth-order valence-electron chi connectivity index (χ4n) is 9.73. The minimum absolute atomic E-state index is 0.00339. The molecule has 2 aromatic heterocycles. The first-order valence-corrected chi connectivity index (χ1v) is 24.8. The van der Waals surface area contributed by atoms with E-state index in [9.17, 15) is 0 Å². The third-order valence-corrected chi connectivity index (χ3v) is 14.0. The Hall–Kier alpha value is -7.33. The Morgan fingerprint density at radius 2 is 1.10 bits per heavy atom. The van der Waals surface area contributed by atoms with E-state index in [0.29, 0.717) is 0 Å². The van der Waals surface area contributed by atoms with E-state index in [1.807, 2.05) is 12.3 Å². The highest BCUT2D eigenvalue weighted by molar-refractivity contribution is 6.09. The first-order valence-electron chi connectivity index (χ1n) is 24.8. The summed E-state index contributed by atoms with van der Waals surface area (Å²) in [6, 6.07) is 61.1. The highest BCUT2D eigenvalue weighted by Gasteiger charge is 2.40. The van der Waals surface area contributed by atoms with Gasteiger partial charge in [0.2, 0.25) is 11.4 Å². The summed E-state index contributed by atoms with van der Waals surface area (Å²) in [7, 11) is 0. The molecule has 0 fully saturated rings. The van der Waals surface area contributed by atoms with Gasteiger partial charge in [-0.15, -0.1) is 0 Å². The molecule has 0 bridgehead atoms. The van der Waals surface area contributed by atoms with Crippen molar-refractivity contribution in [2.24, 2.45) is 0 Å². The van der Waals surface area contributed by atoms with Crippen LogP contribution in [0.4, 0.5) is 22.7 Å². The van der Waals surface area contributed by atoms with Gasteiger partial charge in [-0.2, -0.15) is 0 Å². The van der Waals surface area contributed by atoms with E-state index in [0.717, 1.165) is 67.6 Å². The second kappa shape index (κ2) is 17.0. The maximum absolute atomic E-state index is 6.85. The Morgan fingerprint density at radius 1 is 0.457 bits per heavy atom. The van der Waals surface area contributed by atoms with Crippen molar-refractivity contribution < 1.29 is 4.74 Å². The van der Waals surface area contributed by atoms with Gasteiger partial charge in [-0.25, -0.2) is 4.98 Å². The number of ether oxygens (including phenoxy) is 1. The SMILES string of the molecule is Cc1cc(-n2c3ccccc3c3ccc(Oc4cccc([N+]5=C=[N+](c6cc(C(C)(C)C)cc(C(C)(C)C)c6)c6c(-c7cccc(C(C)(C)C)c7)cccc65)c4)cc32)ncc1-c1ccc(C(C)(C)C)cc1. The number of pyridine rings is 1. The lowest BCUT2D eigenvalue weighted by Crippen LogP contribution is -2.17. The fraction of sp³-hybridized carbons (Fsp3) is 0.262. The van der Waals surface area contributed by atoms with Gasteiger partial charge < -0.3 is 4.74 Å². The maximum Gasteiger partial charge on any atom is 0.503 e. The van der Waals surface area contributed by atoms with Gasteiger partial charge >= 0.3 is 11.7 Å². The first-order chi connectivity index (χ1) is 33.1. The highest BCUT2D eigenvalue weighted by Crippen LogP contribution is 2.46. The predicted octanol–water partition coefficient (Wildman–Crippen LogP) is 17.7. The molecule has 0 aliphatic carbocycles. The van der Waals surface area contributed by atoms with Gasteiger partial charge in [-0.3, -0.25) is 4.57 Å². The van der Waals surface area contributed by atoms with Gasteiger partial charge in [0.1, 0.15) is 17.3 Å². The third-order valence-electron chi connectivity index (χ3n) is 14.0. The second-order valence-corrected chi connectivity index (χ2v) is 23.4. The van der Waals surface area contributed by atoms with Crippen molar-refractivity contribution >= 4 is 50.6 Å². The standard InChI is InChI=1S/C65H66N4O/c1-42-33-60(66-40-56(42)43-27-29-45(30-28-43)62(2,3)4)69-57-25-15-14-23-54(57)55-32-31-52(39-59(55)69)70-51-22-17-21-49(38-51)67-41-68(50-36-47(64(8,9)10)35-48(37-50)65(11,12)13)61-53(24-18-26-58(61)67)44-19-16-20-46(34-44)63(5,6)7/h14-40H,1-13H3/q+2. The molecule has 1 aliphatic heterocycles. The molecule has 1 aliphatic rings. The summed E-state index contributed by atoms with van der Waals surface area (Å²) in [6.07, 6.45) is 2.02. The maximum atomic E-state index is 6.85. The fourth-order valence-corrected chi connectivity index (χ4v) is 9.73. The lowest BCUT2D eigenvalue weighted by atomic mass is 9.80. The van der Waals surface area contributed by atoms with Gasteiger partial charge in [0.25, 0.3) is 5.69 Å². The number of para-hydroxylation sites is 2. The van der Waals surface area contributed by atoms with Crippen molar-refractivity contribution in [2.45, 2.75) is 112 Å². The van der Waals surface area contributed by atoms with Gasteiger partial charge in [0.15, 0.2) is 0 Å². The average molecular weight is 919 g/mol. The van der Waals surface area contributed by atoms with Crippen LogP contribution in [0.15, 0.2) is 164 Å². The lowest BCUT2D eigenvalue weighted by molar-refractivity contribution is 0.483. The molecule has 0 atom stereocenters. The van der Waals surface area contributed by atoms with Crippen LogP contribution < -0.4 is 13.9 Å². The molecule has 0 unspecified atom stereocenters. The van der Waals surface area contributed by atoms with E-state index < -0.39 is 0 Å². The second-order valence-electron chi connectivity index (χ2n) is 23.4. The molecule has 7 aromatic carbocycles. The van der Waals surface area contributed by atoms with Crippen LogP contribution in [-0.2, 0) is 21.7 Å². The smallest absolute Gasteiger partial charge is 0.457 e. The Labute approximate surface area is 415 Å². The molecule has 0 amide bonds. The van der Waals surface area contributed by atoms with Crippen LogP contribution in [0.25, 0.3) is 49.9 Å². The molecule has 9 aromatic rings. The number of rotatable bonds is 7. The molecule has 10 rings (SSSR count). The summed E-state index contributed by atoms with van der Waals surface area (Å²) in [5.74, 6) is 2.34.